The van der Waals surface area contributed by atoms with E-state index in [2.05, 4.69) is 5.32 Å². The molecule has 2 saturated heterocycles. The largest absolute Gasteiger partial charge is 0.343 e. The molecule has 1 atom stereocenters. The van der Waals surface area contributed by atoms with Crippen LogP contribution in [0.25, 0.3) is 10.2 Å². The first-order chi connectivity index (χ1) is 15.6. The van der Waals surface area contributed by atoms with Crippen LogP contribution in [0.4, 0.5) is 5.69 Å². The molecule has 2 aromatic carbocycles. The molecule has 5 rings (SSSR count). The van der Waals surface area contributed by atoms with Gasteiger partial charge in [0.2, 0.25) is 11.8 Å². The number of amides is 3. The average molecular weight is 449 g/mol. The van der Waals surface area contributed by atoms with E-state index >= 15 is 0 Å². The predicted octanol–water partition coefficient (Wildman–Crippen LogP) is 3.52. The highest BCUT2D eigenvalue weighted by Gasteiger charge is 2.32. The van der Waals surface area contributed by atoms with E-state index in [0.717, 1.165) is 40.2 Å². The van der Waals surface area contributed by atoms with Crippen LogP contribution in [0.2, 0.25) is 0 Å². The number of nitrogens with zero attached hydrogens (tertiary/aromatic N) is 3. The Balaban J connectivity index is 1.21. The smallest absolute Gasteiger partial charge is 0.251 e. The summed E-state index contributed by atoms with van der Waals surface area (Å²) in [5.41, 5.74) is 2.23. The number of rotatable bonds is 5. The van der Waals surface area contributed by atoms with Gasteiger partial charge in [-0.1, -0.05) is 12.1 Å². The summed E-state index contributed by atoms with van der Waals surface area (Å²) in [6, 6.07) is 14.9. The first kappa shape index (κ1) is 20.6. The summed E-state index contributed by atoms with van der Waals surface area (Å²) >= 11 is 1.63. The second kappa shape index (κ2) is 8.70. The molecule has 8 heteroatoms. The molecule has 2 aliphatic rings. The summed E-state index contributed by atoms with van der Waals surface area (Å²) in [5.74, 6) is -0.283. The average Bonchev–Trinajstić information content (AvgIpc) is 3.56. The van der Waals surface area contributed by atoms with Crippen LogP contribution in [0.3, 0.4) is 0 Å². The molecule has 3 heterocycles. The standard InChI is InChI=1S/C24H24N4O3S/c29-21-8-4-13-27(21)17-11-9-16(10-12-17)23(31)25-15-22(30)28-14-3-6-19(28)24-26-18-5-1-2-7-20(18)32-24/h1-2,5,7,9-12,19H,3-4,6,8,13-15H2,(H,25,31)/t19-/m0/s1. The Labute approximate surface area is 190 Å². The quantitative estimate of drug-likeness (QED) is 0.648. The van der Waals surface area contributed by atoms with Crippen molar-refractivity contribution in [3.05, 3.63) is 59.1 Å². The second-order valence-corrected chi connectivity index (χ2v) is 9.21. The van der Waals surface area contributed by atoms with Crippen molar-refractivity contribution < 1.29 is 14.4 Å². The van der Waals surface area contributed by atoms with Crippen molar-refractivity contribution in [1.29, 1.82) is 0 Å². The summed E-state index contributed by atoms with van der Waals surface area (Å²) in [7, 11) is 0. The Morgan fingerprint density at radius 2 is 1.88 bits per heavy atom. The molecule has 3 amide bonds. The third-order valence-electron chi connectivity index (χ3n) is 6.08. The number of likely N-dealkylation sites (tertiary alicyclic amines) is 1. The van der Waals surface area contributed by atoms with Crippen molar-refractivity contribution in [3.63, 3.8) is 0 Å². The van der Waals surface area contributed by atoms with Gasteiger partial charge in [-0.3, -0.25) is 14.4 Å². The van der Waals surface area contributed by atoms with Gasteiger partial charge in [-0.15, -0.1) is 11.3 Å². The molecule has 0 aliphatic carbocycles. The van der Waals surface area contributed by atoms with Gasteiger partial charge >= 0.3 is 0 Å². The summed E-state index contributed by atoms with van der Waals surface area (Å²) in [6.45, 7) is 1.34. The third kappa shape index (κ3) is 3.98. The summed E-state index contributed by atoms with van der Waals surface area (Å²) in [5, 5.41) is 3.70. The summed E-state index contributed by atoms with van der Waals surface area (Å²) < 4.78 is 1.12. The lowest BCUT2D eigenvalue weighted by Gasteiger charge is -2.23. The van der Waals surface area contributed by atoms with Crippen LogP contribution >= 0.6 is 11.3 Å². The van der Waals surface area contributed by atoms with Crippen LogP contribution in [0, 0.1) is 0 Å². The number of hydrogen-bond donors (Lipinski definition) is 1. The zero-order chi connectivity index (χ0) is 22.1. The van der Waals surface area contributed by atoms with E-state index in [1.165, 1.54) is 0 Å². The Hall–Kier alpha value is -3.26. The molecule has 2 fully saturated rings. The molecule has 3 aromatic rings. The topological polar surface area (TPSA) is 82.6 Å². The van der Waals surface area contributed by atoms with E-state index in [4.69, 9.17) is 4.98 Å². The SMILES string of the molecule is O=C(NCC(=O)N1CCC[C@H]1c1nc2ccccc2s1)c1ccc(N2CCCC2=O)cc1. The fourth-order valence-corrected chi connectivity index (χ4v) is 5.54. The summed E-state index contributed by atoms with van der Waals surface area (Å²) in [6.07, 6.45) is 3.24. The van der Waals surface area contributed by atoms with E-state index in [1.54, 1.807) is 40.5 Å². The fraction of sp³-hybridized carbons (Fsp3) is 0.333. The van der Waals surface area contributed by atoms with Crippen molar-refractivity contribution in [2.45, 2.75) is 31.7 Å². The van der Waals surface area contributed by atoms with Gasteiger partial charge in [0.25, 0.3) is 5.91 Å². The molecule has 1 aromatic heterocycles. The van der Waals surface area contributed by atoms with E-state index < -0.39 is 0 Å². The van der Waals surface area contributed by atoms with Crippen LogP contribution < -0.4 is 10.2 Å². The minimum absolute atomic E-state index is 0.0333. The lowest BCUT2D eigenvalue weighted by Crippen LogP contribution is -2.39. The minimum atomic E-state index is -0.298. The number of fused-ring (bicyclic) bond motifs is 1. The molecule has 0 bridgehead atoms. The lowest BCUT2D eigenvalue weighted by atomic mass is 10.2. The number of para-hydroxylation sites is 1. The number of hydrogen-bond acceptors (Lipinski definition) is 5. The van der Waals surface area contributed by atoms with Gasteiger partial charge in [0.1, 0.15) is 5.01 Å². The number of thiazole rings is 1. The van der Waals surface area contributed by atoms with Gasteiger partial charge in [-0.05, 0) is 55.7 Å². The van der Waals surface area contributed by atoms with Crippen LogP contribution in [-0.2, 0) is 9.59 Å². The van der Waals surface area contributed by atoms with E-state index in [1.807, 2.05) is 29.2 Å². The molecule has 0 radical (unpaired) electrons. The van der Waals surface area contributed by atoms with Gasteiger partial charge in [0, 0.05) is 30.8 Å². The van der Waals surface area contributed by atoms with Crippen LogP contribution in [0.5, 0.6) is 0 Å². The molecule has 1 N–H and O–H groups in total. The summed E-state index contributed by atoms with van der Waals surface area (Å²) in [4.78, 5) is 45.6. The van der Waals surface area contributed by atoms with Crippen molar-refractivity contribution in [2.24, 2.45) is 0 Å². The highest BCUT2D eigenvalue weighted by Crippen LogP contribution is 2.36. The second-order valence-electron chi connectivity index (χ2n) is 8.14. The van der Waals surface area contributed by atoms with Crippen LogP contribution in [0.1, 0.15) is 47.1 Å². The Bertz CT molecular complexity index is 1140. The molecule has 0 spiro atoms. The van der Waals surface area contributed by atoms with Crippen molar-refractivity contribution in [1.82, 2.24) is 15.2 Å². The number of anilines is 1. The predicted molar refractivity (Wildman–Crippen MR) is 124 cm³/mol. The molecule has 0 unspecified atom stereocenters. The zero-order valence-electron chi connectivity index (χ0n) is 17.6. The van der Waals surface area contributed by atoms with Crippen molar-refractivity contribution in [3.8, 4) is 0 Å². The number of aromatic nitrogens is 1. The normalized spacial score (nSPS) is 18.5. The van der Waals surface area contributed by atoms with Crippen molar-refractivity contribution >= 4 is 45.0 Å². The molecule has 32 heavy (non-hydrogen) atoms. The van der Waals surface area contributed by atoms with Gasteiger partial charge in [0.15, 0.2) is 0 Å². The Morgan fingerprint density at radius 3 is 2.62 bits per heavy atom. The van der Waals surface area contributed by atoms with Gasteiger partial charge in [-0.25, -0.2) is 4.98 Å². The molecule has 164 valence electrons. The molecular weight excluding hydrogens is 424 g/mol. The minimum Gasteiger partial charge on any atom is -0.343 e. The molecule has 2 aliphatic heterocycles. The third-order valence-corrected chi connectivity index (χ3v) is 7.22. The van der Waals surface area contributed by atoms with Crippen LogP contribution in [0.15, 0.2) is 48.5 Å². The maximum Gasteiger partial charge on any atom is 0.251 e. The Kier molecular flexibility index (Phi) is 5.61. The maximum absolute atomic E-state index is 12.9. The number of nitrogens with one attached hydrogen (secondary N) is 1. The van der Waals surface area contributed by atoms with Crippen LogP contribution in [-0.4, -0.2) is 47.2 Å². The molecular formula is C24H24N4O3S. The van der Waals surface area contributed by atoms with Gasteiger partial charge in [0.05, 0.1) is 22.8 Å². The van der Waals surface area contributed by atoms with Crippen molar-refractivity contribution in [2.75, 3.05) is 24.5 Å². The maximum atomic E-state index is 12.9. The van der Waals surface area contributed by atoms with E-state index in [0.29, 0.717) is 25.1 Å². The lowest BCUT2D eigenvalue weighted by molar-refractivity contribution is -0.131. The highest BCUT2D eigenvalue weighted by molar-refractivity contribution is 7.18. The molecule has 0 saturated carbocycles. The number of benzene rings is 2. The first-order valence-corrected chi connectivity index (χ1v) is 11.8. The van der Waals surface area contributed by atoms with E-state index in [-0.39, 0.29) is 30.3 Å². The van der Waals surface area contributed by atoms with E-state index in [9.17, 15) is 14.4 Å². The zero-order valence-corrected chi connectivity index (χ0v) is 18.4. The number of carbonyl (C=O) groups excluding carboxylic acids is 3. The number of carbonyl (C=O) groups is 3. The van der Waals surface area contributed by atoms with Gasteiger partial charge in [-0.2, -0.15) is 0 Å². The Morgan fingerprint density at radius 1 is 1.06 bits per heavy atom. The first-order valence-electron chi connectivity index (χ1n) is 10.9. The molecule has 7 nitrogen and oxygen atoms in total. The highest BCUT2D eigenvalue weighted by atomic mass is 32.1. The monoisotopic (exact) mass is 448 g/mol. The fourth-order valence-electron chi connectivity index (χ4n) is 4.43. The van der Waals surface area contributed by atoms with Gasteiger partial charge < -0.3 is 15.1 Å².